The molecule has 0 radical (unpaired) electrons. The highest BCUT2D eigenvalue weighted by Crippen LogP contribution is 2.00. The second-order valence-corrected chi connectivity index (χ2v) is 2.57. The Kier molecular flexibility index (Phi) is 4.02. The standard InChI is InChI=1S/C10H11BO2/c12-11(13)9-5-4-8-10-6-2-1-3-7-10/h1-9,12-13H/b8-4+,9-5+. The van der Waals surface area contributed by atoms with Gasteiger partial charge in [-0.25, -0.2) is 0 Å². The zero-order valence-corrected chi connectivity index (χ0v) is 7.17. The van der Waals surface area contributed by atoms with Crippen molar-refractivity contribution in [3.05, 3.63) is 54.0 Å². The van der Waals surface area contributed by atoms with Crippen LogP contribution in [0.5, 0.6) is 0 Å². The fourth-order valence-electron chi connectivity index (χ4n) is 0.894. The van der Waals surface area contributed by atoms with Gasteiger partial charge < -0.3 is 10.0 Å². The van der Waals surface area contributed by atoms with Crippen molar-refractivity contribution in [3.8, 4) is 0 Å². The maximum atomic E-state index is 8.48. The largest absolute Gasteiger partial charge is 0.480 e. The highest BCUT2D eigenvalue weighted by atomic mass is 16.4. The normalized spacial score (nSPS) is 11.2. The number of allylic oxidation sites excluding steroid dienone is 2. The van der Waals surface area contributed by atoms with Crippen LogP contribution in [0.4, 0.5) is 0 Å². The van der Waals surface area contributed by atoms with E-state index >= 15 is 0 Å². The zero-order valence-electron chi connectivity index (χ0n) is 7.17. The molecular weight excluding hydrogens is 163 g/mol. The molecule has 0 unspecified atom stereocenters. The lowest BCUT2D eigenvalue weighted by atomic mass is 9.92. The molecule has 0 aromatic heterocycles. The highest BCUT2D eigenvalue weighted by molar-refractivity contribution is 6.47. The van der Waals surface area contributed by atoms with Gasteiger partial charge in [0.2, 0.25) is 0 Å². The third-order valence-electron chi connectivity index (χ3n) is 1.48. The van der Waals surface area contributed by atoms with E-state index in [9.17, 15) is 0 Å². The first-order valence-electron chi connectivity index (χ1n) is 4.05. The topological polar surface area (TPSA) is 40.5 Å². The predicted molar refractivity (Wildman–Crippen MR) is 54.8 cm³/mol. The van der Waals surface area contributed by atoms with E-state index in [0.29, 0.717) is 0 Å². The van der Waals surface area contributed by atoms with Crippen LogP contribution in [0.15, 0.2) is 48.5 Å². The molecule has 0 amide bonds. The molecule has 2 nitrogen and oxygen atoms in total. The minimum Gasteiger partial charge on any atom is -0.424 e. The van der Waals surface area contributed by atoms with Crippen molar-refractivity contribution in [3.63, 3.8) is 0 Å². The van der Waals surface area contributed by atoms with Crippen molar-refractivity contribution in [1.82, 2.24) is 0 Å². The molecule has 1 aromatic rings. The zero-order chi connectivity index (χ0) is 9.52. The Balaban J connectivity index is 2.50. The molecular formula is C10H11BO2. The summed E-state index contributed by atoms with van der Waals surface area (Å²) >= 11 is 0. The molecule has 13 heavy (non-hydrogen) atoms. The Labute approximate surface area is 78.0 Å². The lowest BCUT2D eigenvalue weighted by Gasteiger charge is -1.88. The summed E-state index contributed by atoms with van der Waals surface area (Å²) in [6.07, 6.45) is 5.24. The third-order valence-corrected chi connectivity index (χ3v) is 1.48. The van der Waals surface area contributed by atoms with Gasteiger partial charge in [0.15, 0.2) is 0 Å². The molecule has 1 aromatic carbocycles. The maximum Gasteiger partial charge on any atom is 0.480 e. The molecule has 0 aliphatic carbocycles. The van der Waals surface area contributed by atoms with Crippen LogP contribution in [0.1, 0.15) is 5.56 Å². The van der Waals surface area contributed by atoms with Gasteiger partial charge in [0.1, 0.15) is 0 Å². The summed E-state index contributed by atoms with van der Waals surface area (Å²) in [4.78, 5) is 0. The van der Waals surface area contributed by atoms with Gasteiger partial charge in [-0.05, 0) is 5.56 Å². The average Bonchev–Trinajstić information content (AvgIpc) is 2.14. The van der Waals surface area contributed by atoms with E-state index in [-0.39, 0.29) is 0 Å². The van der Waals surface area contributed by atoms with Crippen LogP contribution in [-0.2, 0) is 0 Å². The molecule has 2 N–H and O–H groups in total. The number of hydrogen-bond donors (Lipinski definition) is 2. The molecule has 0 atom stereocenters. The van der Waals surface area contributed by atoms with Gasteiger partial charge in [0.25, 0.3) is 0 Å². The van der Waals surface area contributed by atoms with Crippen LogP contribution in [0.2, 0.25) is 0 Å². The Hall–Kier alpha value is -1.32. The van der Waals surface area contributed by atoms with Crippen molar-refractivity contribution in [2.45, 2.75) is 0 Å². The van der Waals surface area contributed by atoms with Crippen LogP contribution < -0.4 is 0 Å². The third kappa shape index (κ3) is 4.30. The summed E-state index contributed by atoms with van der Waals surface area (Å²) in [6, 6.07) is 9.79. The number of rotatable bonds is 3. The molecule has 0 heterocycles. The summed E-state index contributed by atoms with van der Waals surface area (Å²) in [5, 5.41) is 17.0. The summed E-state index contributed by atoms with van der Waals surface area (Å²) in [7, 11) is -1.37. The fraction of sp³-hybridized carbons (Fsp3) is 0. The van der Waals surface area contributed by atoms with E-state index in [0.717, 1.165) is 5.56 Å². The smallest absolute Gasteiger partial charge is 0.424 e. The first-order valence-corrected chi connectivity index (χ1v) is 4.05. The Bertz CT molecular complexity index is 291. The molecule has 66 valence electrons. The molecule has 0 saturated heterocycles. The van der Waals surface area contributed by atoms with E-state index in [1.807, 2.05) is 36.4 Å². The van der Waals surface area contributed by atoms with Crippen molar-refractivity contribution in [1.29, 1.82) is 0 Å². The van der Waals surface area contributed by atoms with E-state index < -0.39 is 7.12 Å². The minimum atomic E-state index is -1.37. The van der Waals surface area contributed by atoms with Crippen molar-refractivity contribution in [2.75, 3.05) is 0 Å². The Morgan fingerprint density at radius 2 is 1.69 bits per heavy atom. The summed E-state index contributed by atoms with van der Waals surface area (Å²) in [5.41, 5.74) is 1.08. The summed E-state index contributed by atoms with van der Waals surface area (Å²) in [5.74, 6) is 1.29. The molecule has 0 spiro atoms. The second-order valence-electron chi connectivity index (χ2n) is 2.57. The molecule has 0 saturated carbocycles. The van der Waals surface area contributed by atoms with E-state index in [4.69, 9.17) is 10.0 Å². The van der Waals surface area contributed by atoms with Gasteiger partial charge in [0.05, 0.1) is 0 Å². The Morgan fingerprint density at radius 1 is 1.00 bits per heavy atom. The van der Waals surface area contributed by atoms with Crippen LogP contribution in [0.3, 0.4) is 0 Å². The number of hydrogen-bond acceptors (Lipinski definition) is 2. The molecule has 0 aliphatic heterocycles. The van der Waals surface area contributed by atoms with Gasteiger partial charge in [-0.1, -0.05) is 54.5 Å². The first-order chi connectivity index (χ1) is 6.29. The second kappa shape index (κ2) is 5.35. The molecule has 0 fully saturated rings. The quantitative estimate of drug-likeness (QED) is 0.535. The van der Waals surface area contributed by atoms with Crippen LogP contribution in [0, 0.1) is 0 Å². The minimum absolute atomic E-state index is 1.08. The molecule has 3 heteroatoms. The molecule has 0 bridgehead atoms. The van der Waals surface area contributed by atoms with Crippen LogP contribution >= 0.6 is 0 Å². The lowest BCUT2D eigenvalue weighted by molar-refractivity contribution is 0.424. The van der Waals surface area contributed by atoms with E-state index in [2.05, 4.69) is 0 Å². The van der Waals surface area contributed by atoms with Gasteiger partial charge in [0, 0.05) is 0 Å². The monoisotopic (exact) mass is 174 g/mol. The van der Waals surface area contributed by atoms with Gasteiger partial charge in [-0.15, -0.1) is 0 Å². The SMILES string of the molecule is OB(O)/C=C/C=C/c1ccccc1. The van der Waals surface area contributed by atoms with Crippen molar-refractivity contribution < 1.29 is 10.0 Å². The first kappa shape index (κ1) is 9.77. The van der Waals surface area contributed by atoms with Gasteiger partial charge in [-0.3, -0.25) is 0 Å². The molecule has 1 rings (SSSR count). The van der Waals surface area contributed by atoms with E-state index in [1.165, 1.54) is 5.98 Å². The predicted octanol–water partition coefficient (Wildman–Crippen LogP) is 1.27. The van der Waals surface area contributed by atoms with Gasteiger partial charge in [-0.2, -0.15) is 0 Å². The van der Waals surface area contributed by atoms with E-state index in [1.54, 1.807) is 12.2 Å². The lowest BCUT2D eigenvalue weighted by Crippen LogP contribution is -2.04. The van der Waals surface area contributed by atoms with Crippen molar-refractivity contribution >= 4 is 13.2 Å². The summed E-state index contributed by atoms with van der Waals surface area (Å²) in [6.45, 7) is 0. The van der Waals surface area contributed by atoms with Crippen LogP contribution in [0.25, 0.3) is 6.08 Å². The van der Waals surface area contributed by atoms with Gasteiger partial charge >= 0.3 is 7.12 Å². The van der Waals surface area contributed by atoms with Crippen LogP contribution in [-0.4, -0.2) is 17.2 Å². The highest BCUT2D eigenvalue weighted by Gasteiger charge is 1.94. The summed E-state index contributed by atoms with van der Waals surface area (Å²) < 4.78 is 0. The average molecular weight is 174 g/mol. The maximum absolute atomic E-state index is 8.48. The number of benzene rings is 1. The molecule has 0 aliphatic rings. The van der Waals surface area contributed by atoms with Crippen molar-refractivity contribution in [2.24, 2.45) is 0 Å². The Morgan fingerprint density at radius 3 is 2.31 bits per heavy atom. The fourth-order valence-corrected chi connectivity index (χ4v) is 0.894.